The van der Waals surface area contributed by atoms with E-state index in [4.69, 9.17) is 9.47 Å². The molecule has 1 unspecified atom stereocenters. The van der Waals surface area contributed by atoms with Crippen LogP contribution < -0.4 is 0 Å². The quantitative estimate of drug-likeness (QED) is 0.671. The molecule has 0 aliphatic rings. The molecule has 0 saturated heterocycles. The zero-order chi connectivity index (χ0) is 10.4. The van der Waals surface area contributed by atoms with Crippen molar-refractivity contribution < 1.29 is 9.47 Å². The van der Waals surface area contributed by atoms with Crippen LogP contribution >= 0.6 is 0 Å². The van der Waals surface area contributed by atoms with Gasteiger partial charge < -0.3 is 9.47 Å². The van der Waals surface area contributed by atoms with Gasteiger partial charge in [-0.05, 0) is 5.92 Å². The molecule has 0 N–H and O–H groups in total. The predicted octanol–water partition coefficient (Wildman–Crippen LogP) is 3.00. The smallest absolute Gasteiger partial charge is 0.183 e. The van der Waals surface area contributed by atoms with Crippen LogP contribution in [-0.4, -0.2) is 13.7 Å². The van der Waals surface area contributed by atoms with Crippen molar-refractivity contribution in [1.82, 2.24) is 0 Å². The molecule has 0 aliphatic carbocycles. The second kappa shape index (κ2) is 5.78. The van der Waals surface area contributed by atoms with Crippen molar-refractivity contribution in [3.8, 4) is 0 Å². The normalized spacial score (nSPS) is 13.1. The molecule has 0 radical (unpaired) electrons. The van der Waals surface area contributed by atoms with Gasteiger partial charge in [-0.25, -0.2) is 0 Å². The Balaban J connectivity index is 2.54. The van der Waals surface area contributed by atoms with Crippen LogP contribution in [0.5, 0.6) is 0 Å². The molecule has 0 aliphatic heterocycles. The maximum Gasteiger partial charge on any atom is 0.183 e. The van der Waals surface area contributed by atoms with Crippen molar-refractivity contribution >= 4 is 0 Å². The fourth-order valence-corrected chi connectivity index (χ4v) is 1.19. The fourth-order valence-electron chi connectivity index (χ4n) is 1.19. The van der Waals surface area contributed by atoms with Gasteiger partial charge in [-0.15, -0.1) is 0 Å². The van der Waals surface area contributed by atoms with Gasteiger partial charge in [-0.1, -0.05) is 44.2 Å². The van der Waals surface area contributed by atoms with Crippen LogP contribution in [0.3, 0.4) is 0 Å². The van der Waals surface area contributed by atoms with Crippen LogP contribution in [0, 0.1) is 5.92 Å². The van der Waals surface area contributed by atoms with Gasteiger partial charge in [0, 0.05) is 12.7 Å². The lowest BCUT2D eigenvalue weighted by Crippen LogP contribution is -2.10. The van der Waals surface area contributed by atoms with E-state index in [0.29, 0.717) is 12.5 Å². The van der Waals surface area contributed by atoms with Gasteiger partial charge in [-0.2, -0.15) is 0 Å². The third kappa shape index (κ3) is 3.48. The van der Waals surface area contributed by atoms with E-state index in [9.17, 15) is 0 Å². The molecular weight excluding hydrogens is 176 g/mol. The topological polar surface area (TPSA) is 18.5 Å². The van der Waals surface area contributed by atoms with Crippen LogP contribution in [0.25, 0.3) is 0 Å². The Hall–Kier alpha value is -0.860. The van der Waals surface area contributed by atoms with E-state index >= 15 is 0 Å². The minimum Gasteiger partial charge on any atom is -0.352 e. The van der Waals surface area contributed by atoms with Gasteiger partial charge in [0.1, 0.15) is 0 Å². The summed E-state index contributed by atoms with van der Waals surface area (Å²) < 4.78 is 10.9. The molecule has 0 aromatic heterocycles. The average Bonchev–Trinajstić information content (AvgIpc) is 2.20. The molecule has 1 aromatic rings. The third-order valence-corrected chi connectivity index (χ3v) is 1.87. The third-order valence-electron chi connectivity index (χ3n) is 1.87. The Bertz CT molecular complexity index is 244. The monoisotopic (exact) mass is 194 g/mol. The summed E-state index contributed by atoms with van der Waals surface area (Å²) in [5.41, 5.74) is 1.07. The number of rotatable bonds is 5. The van der Waals surface area contributed by atoms with E-state index < -0.39 is 0 Å². The Kier molecular flexibility index (Phi) is 4.63. The molecular formula is C12H18O2. The second-order valence-electron chi connectivity index (χ2n) is 3.71. The minimum atomic E-state index is -0.237. The molecule has 2 heteroatoms. The van der Waals surface area contributed by atoms with E-state index in [-0.39, 0.29) is 6.29 Å². The first kappa shape index (κ1) is 11.2. The molecule has 0 bridgehead atoms. The van der Waals surface area contributed by atoms with E-state index in [0.717, 1.165) is 5.56 Å². The number of methoxy groups -OCH3 is 1. The highest BCUT2D eigenvalue weighted by Gasteiger charge is 2.10. The molecule has 0 spiro atoms. The van der Waals surface area contributed by atoms with Crippen LogP contribution in [-0.2, 0) is 9.47 Å². The fraction of sp³-hybridized carbons (Fsp3) is 0.500. The molecule has 2 nitrogen and oxygen atoms in total. The van der Waals surface area contributed by atoms with Gasteiger partial charge in [0.15, 0.2) is 6.29 Å². The van der Waals surface area contributed by atoms with E-state index in [1.165, 1.54) is 0 Å². The van der Waals surface area contributed by atoms with E-state index in [1.54, 1.807) is 7.11 Å². The average molecular weight is 194 g/mol. The highest BCUT2D eigenvalue weighted by Crippen LogP contribution is 2.18. The highest BCUT2D eigenvalue weighted by atomic mass is 16.7. The van der Waals surface area contributed by atoms with Crippen molar-refractivity contribution in [3.05, 3.63) is 35.9 Å². The molecule has 14 heavy (non-hydrogen) atoms. The maximum absolute atomic E-state index is 5.62. The number of benzene rings is 1. The molecule has 78 valence electrons. The van der Waals surface area contributed by atoms with Gasteiger partial charge in [0.05, 0.1) is 6.61 Å². The summed E-state index contributed by atoms with van der Waals surface area (Å²) in [5.74, 6) is 0.524. The van der Waals surface area contributed by atoms with E-state index in [2.05, 4.69) is 13.8 Å². The van der Waals surface area contributed by atoms with Gasteiger partial charge in [0.25, 0.3) is 0 Å². The Morgan fingerprint density at radius 1 is 1.14 bits per heavy atom. The summed E-state index contributed by atoms with van der Waals surface area (Å²) in [7, 11) is 1.66. The summed E-state index contributed by atoms with van der Waals surface area (Å²) in [6.45, 7) is 4.96. The lowest BCUT2D eigenvalue weighted by atomic mass is 10.2. The Morgan fingerprint density at radius 3 is 2.29 bits per heavy atom. The van der Waals surface area contributed by atoms with Crippen LogP contribution in [0.4, 0.5) is 0 Å². The standard InChI is InChI=1S/C12H18O2/c1-10(2)9-14-12(13-3)11-7-5-4-6-8-11/h4-8,10,12H,9H2,1-3H3. The van der Waals surface area contributed by atoms with E-state index in [1.807, 2.05) is 30.3 Å². The number of hydrogen-bond acceptors (Lipinski definition) is 2. The first-order chi connectivity index (χ1) is 6.74. The van der Waals surface area contributed by atoms with Crippen LogP contribution in [0.15, 0.2) is 30.3 Å². The highest BCUT2D eigenvalue weighted by molar-refractivity contribution is 5.15. The van der Waals surface area contributed by atoms with Crippen LogP contribution in [0.1, 0.15) is 25.7 Å². The molecule has 1 rings (SSSR count). The lowest BCUT2D eigenvalue weighted by Gasteiger charge is -2.17. The second-order valence-corrected chi connectivity index (χ2v) is 3.71. The van der Waals surface area contributed by atoms with Crippen molar-refractivity contribution in [2.24, 2.45) is 5.92 Å². The lowest BCUT2D eigenvalue weighted by molar-refractivity contribution is -0.134. The zero-order valence-electron chi connectivity index (χ0n) is 9.07. The summed E-state index contributed by atoms with van der Waals surface area (Å²) in [4.78, 5) is 0. The molecule has 0 saturated carbocycles. The number of hydrogen-bond donors (Lipinski definition) is 0. The van der Waals surface area contributed by atoms with Gasteiger partial charge >= 0.3 is 0 Å². The maximum atomic E-state index is 5.62. The Morgan fingerprint density at radius 2 is 1.79 bits per heavy atom. The number of ether oxygens (including phenoxy) is 2. The summed E-state index contributed by atoms with van der Waals surface area (Å²) >= 11 is 0. The largest absolute Gasteiger partial charge is 0.352 e. The summed E-state index contributed by atoms with van der Waals surface area (Å²) in [5, 5.41) is 0. The summed E-state index contributed by atoms with van der Waals surface area (Å²) in [6, 6.07) is 9.97. The zero-order valence-corrected chi connectivity index (χ0v) is 9.07. The Labute approximate surface area is 85.8 Å². The first-order valence-electron chi connectivity index (χ1n) is 4.93. The van der Waals surface area contributed by atoms with Crippen molar-refractivity contribution in [2.75, 3.05) is 13.7 Å². The SMILES string of the molecule is COC(OCC(C)C)c1ccccc1. The van der Waals surface area contributed by atoms with Gasteiger partial charge in [-0.3, -0.25) is 0 Å². The van der Waals surface area contributed by atoms with Crippen molar-refractivity contribution in [2.45, 2.75) is 20.1 Å². The molecule has 0 fully saturated rings. The van der Waals surface area contributed by atoms with Crippen molar-refractivity contribution in [3.63, 3.8) is 0 Å². The predicted molar refractivity (Wildman–Crippen MR) is 57.0 cm³/mol. The summed E-state index contributed by atoms with van der Waals surface area (Å²) in [6.07, 6.45) is -0.237. The molecule has 0 amide bonds. The van der Waals surface area contributed by atoms with Gasteiger partial charge in [0.2, 0.25) is 0 Å². The molecule has 1 aromatic carbocycles. The van der Waals surface area contributed by atoms with Crippen LogP contribution in [0.2, 0.25) is 0 Å². The molecule has 1 atom stereocenters. The molecule has 0 heterocycles. The first-order valence-corrected chi connectivity index (χ1v) is 4.93. The minimum absolute atomic E-state index is 0.237. The van der Waals surface area contributed by atoms with Crippen molar-refractivity contribution in [1.29, 1.82) is 0 Å².